The standard InChI is InChI=1S/C11H15F3N2O/c1-3-10(2,17)7-16-9-6-8(4-5-15-9)11(12,13)14/h4-6,17H,3,7H2,1-2H3,(H,15,16). The number of nitrogens with one attached hydrogen (secondary N) is 1. The average Bonchev–Trinajstić information content (AvgIpc) is 2.26. The molecule has 0 spiro atoms. The molecule has 0 aliphatic carbocycles. The lowest BCUT2D eigenvalue weighted by Crippen LogP contribution is -2.32. The van der Waals surface area contributed by atoms with Crippen molar-refractivity contribution in [3.05, 3.63) is 23.9 Å². The first-order chi connectivity index (χ1) is 7.74. The summed E-state index contributed by atoms with van der Waals surface area (Å²) in [5.41, 5.74) is -1.72. The third kappa shape index (κ3) is 4.22. The monoisotopic (exact) mass is 248 g/mol. The molecule has 1 unspecified atom stereocenters. The van der Waals surface area contributed by atoms with E-state index in [1.807, 2.05) is 0 Å². The van der Waals surface area contributed by atoms with E-state index in [9.17, 15) is 18.3 Å². The van der Waals surface area contributed by atoms with Crippen LogP contribution in [-0.4, -0.2) is 22.2 Å². The van der Waals surface area contributed by atoms with E-state index in [2.05, 4.69) is 10.3 Å². The van der Waals surface area contributed by atoms with Crippen molar-refractivity contribution in [1.82, 2.24) is 4.98 Å². The highest BCUT2D eigenvalue weighted by Crippen LogP contribution is 2.29. The Bertz CT molecular complexity index is 377. The minimum atomic E-state index is -4.38. The average molecular weight is 248 g/mol. The molecule has 0 aliphatic rings. The number of nitrogens with zero attached hydrogens (tertiary/aromatic N) is 1. The number of anilines is 1. The Morgan fingerprint density at radius 2 is 2.06 bits per heavy atom. The quantitative estimate of drug-likeness (QED) is 0.861. The summed E-state index contributed by atoms with van der Waals surface area (Å²) in [5, 5.41) is 12.4. The number of hydrogen-bond acceptors (Lipinski definition) is 3. The summed E-state index contributed by atoms with van der Waals surface area (Å²) in [6.07, 6.45) is -2.79. The largest absolute Gasteiger partial charge is 0.416 e. The first-order valence-electron chi connectivity index (χ1n) is 5.24. The van der Waals surface area contributed by atoms with Crippen molar-refractivity contribution in [2.45, 2.75) is 32.0 Å². The molecule has 96 valence electrons. The molecule has 0 saturated heterocycles. The van der Waals surface area contributed by atoms with Crippen molar-refractivity contribution in [3.8, 4) is 0 Å². The maximum atomic E-state index is 12.4. The highest BCUT2D eigenvalue weighted by Gasteiger charge is 2.30. The Labute approximate surface area is 97.7 Å². The summed E-state index contributed by atoms with van der Waals surface area (Å²) < 4.78 is 37.2. The molecule has 0 fully saturated rings. The Morgan fingerprint density at radius 3 is 2.59 bits per heavy atom. The number of alkyl halides is 3. The first kappa shape index (κ1) is 13.8. The Morgan fingerprint density at radius 1 is 1.41 bits per heavy atom. The molecule has 1 aromatic heterocycles. The van der Waals surface area contributed by atoms with Crippen LogP contribution in [0.4, 0.5) is 19.0 Å². The van der Waals surface area contributed by atoms with Gasteiger partial charge in [-0.05, 0) is 25.5 Å². The van der Waals surface area contributed by atoms with E-state index in [1.54, 1.807) is 13.8 Å². The third-order valence-corrected chi connectivity index (χ3v) is 2.50. The van der Waals surface area contributed by atoms with Gasteiger partial charge in [0.25, 0.3) is 0 Å². The Hall–Kier alpha value is -1.30. The van der Waals surface area contributed by atoms with Gasteiger partial charge < -0.3 is 10.4 Å². The maximum Gasteiger partial charge on any atom is 0.416 e. The van der Waals surface area contributed by atoms with Gasteiger partial charge in [0.2, 0.25) is 0 Å². The second kappa shape index (κ2) is 4.91. The molecule has 2 N–H and O–H groups in total. The van der Waals surface area contributed by atoms with E-state index < -0.39 is 17.3 Å². The smallest absolute Gasteiger partial charge is 0.388 e. The minimum absolute atomic E-state index is 0.105. The van der Waals surface area contributed by atoms with Gasteiger partial charge in [0.05, 0.1) is 11.2 Å². The lowest BCUT2D eigenvalue weighted by molar-refractivity contribution is -0.137. The molecule has 6 heteroatoms. The predicted molar refractivity (Wildman–Crippen MR) is 58.6 cm³/mol. The highest BCUT2D eigenvalue weighted by molar-refractivity contribution is 5.38. The molecule has 1 rings (SSSR count). The van der Waals surface area contributed by atoms with Crippen molar-refractivity contribution in [2.24, 2.45) is 0 Å². The van der Waals surface area contributed by atoms with E-state index in [1.165, 1.54) is 0 Å². The van der Waals surface area contributed by atoms with Crippen LogP contribution in [0.15, 0.2) is 18.3 Å². The fourth-order valence-electron chi connectivity index (χ4n) is 1.11. The summed E-state index contributed by atoms with van der Waals surface area (Å²) in [5.74, 6) is 0.105. The Balaban J connectivity index is 2.74. The number of aromatic nitrogens is 1. The second-order valence-electron chi connectivity index (χ2n) is 4.13. The SMILES string of the molecule is CCC(C)(O)CNc1cc(C(F)(F)F)ccn1. The van der Waals surface area contributed by atoms with Gasteiger partial charge in [0.15, 0.2) is 0 Å². The number of aliphatic hydroxyl groups is 1. The first-order valence-corrected chi connectivity index (χ1v) is 5.24. The van der Waals surface area contributed by atoms with Gasteiger partial charge in [-0.2, -0.15) is 13.2 Å². The maximum absolute atomic E-state index is 12.4. The van der Waals surface area contributed by atoms with Crippen LogP contribution in [0.25, 0.3) is 0 Å². The molecule has 0 saturated carbocycles. The fourth-order valence-corrected chi connectivity index (χ4v) is 1.11. The van der Waals surface area contributed by atoms with Crippen molar-refractivity contribution < 1.29 is 18.3 Å². The van der Waals surface area contributed by atoms with Gasteiger partial charge in [-0.3, -0.25) is 0 Å². The molecule has 1 heterocycles. The van der Waals surface area contributed by atoms with E-state index >= 15 is 0 Å². The lowest BCUT2D eigenvalue weighted by Gasteiger charge is -2.22. The second-order valence-corrected chi connectivity index (χ2v) is 4.13. The molecule has 0 aliphatic heterocycles. The zero-order valence-corrected chi connectivity index (χ0v) is 9.67. The minimum Gasteiger partial charge on any atom is -0.388 e. The van der Waals surface area contributed by atoms with Crippen LogP contribution >= 0.6 is 0 Å². The van der Waals surface area contributed by atoms with Gasteiger partial charge in [0, 0.05) is 12.7 Å². The summed E-state index contributed by atoms with van der Waals surface area (Å²) in [4.78, 5) is 3.77. The van der Waals surface area contributed by atoms with E-state index in [0.717, 1.165) is 18.3 Å². The summed E-state index contributed by atoms with van der Waals surface area (Å²) in [6.45, 7) is 3.55. The number of rotatable bonds is 4. The van der Waals surface area contributed by atoms with Crippen LogP contribution in [0, 0.1) is 0 Å². The van der Waals surface area contributed by atoms with E-state index in [4.69, 9.17) is 0 Å². The van der Waals surface area contributed by atoms with Crippen LogP contribution in [0.2, 0.25) is 0 Å². The fraction of sp³-hybridized carbons (Fsp3) is 0.545. The number of halogens is 3. The highest BCUT2D eigenvalue weighted by atomic mass is 19.4. The summed E-state index contributed by atoms with van der Waals surface area (Å²) >= 11 is 0. The van der Waals surface area contributed by atoms with Gasteiger partial charge >= 0.3 is 6.18 Å². The normalized spacial score (nSPS) is 15.4. The van der Waals surface area contributed by atoms with Crippen LogP contribution < -0.4 is 5.32 Å². The van der Waals surface area contributed by atoms with Crippen LogP contribution in [0.3, 0.4) is 0 Å². The molecule has 0 bridgehead atoms. The topological polar surface area (TPSA) is 45.1 Å². The van der Waals surface area contributed by atoms with Crippen LogP contribution in [0.1, 0.15) is 25.8 Å². The van der Waals surface area contributed by atoms with Gasteiger partial charge in [-0.15, -0.1) is 0 Å². The van der Waals surface area contributed by atoms with Crippen molar-refractivity contribution in [3.63, 3.8) is 0 Å². The van der Waals surface area contributed by atoms with E-state index in [0.29, 0.717) is 6.42 Å². The zero-order chi connectivity index (χ0) is 13.1. The van der Waals surface area contributed by atoms with Crippen LogP contribution in [0.5, 0.6) is 0 Å². The molecule has 17 heavy (non-hydrogen) atoms. The van der Waals surface area contributed by atoms with Crippen LogP contribution in [-0.2, 0) is 6.18 Å². The molecule has 1 atom stereocenters. The molecule has 0 aromatic carbocycles. The molecule has 1 aromatic rings. The Kier molecular flexibility index (Phi) is 3.98. The summed E-state index contributed by atoms with van der Waals surface area (Å²) in [6, 6.07) is 1.83. The van der Waals surface area contributed by atoms with Crippen molar-refractivity contribution in [2.75, 3.05) is 11.9 Å². The number of hydrogen-bond donors (Lipinski definition) is 2. The zero-order valence-electron chi connectivity index (χ0n) is 9.67. The molecular formula is C11H15F3N2O. The lowest BCUT2D eigenvalue weighted by atomic mass is 10.0. The summed E-state index contributed by atoms with van der Waals surface area (Å²) in [7, 11) is 0. The van der Waals surface area contributed by atoms with Gasteiger partial charge in [-0.25, -0.2) is 4.98 Å². The third-order valence-electron chi connectivity index (χ3n) is 2.50. The van der Waals surface area contributed by atoms with Gasteiger partial charge in [0.1, 0.15) is 5.82 Å². The van der Waals surface area contributed by atoms with Crippen molar-refractivity contribution in [1.29, 1.82) is 0 Å². The predicted octanol–water partition coefficient (Wildman–Crippen LogP) is 2.67. The molecule has 0 amide bonds. The van der Waals surface area contributed by atoms with Crippen molar-refractivity contribution >= 4 is 5.82 Å². The van der Waals surface area contributed by atoms with E-state index in [-0.39, 0.29) is 12.4 Å². The number of pyridine rings is 1. The van der Waals surface area contributed by atoms with Gasteiger partial charge in [-0.1, -0.05) is 6.92 Å². The molecule has 3 nitrogen and oxygen atoms in total. The molecule has 0 radical (unpaired) electrons. The molecular weight excluding hydrogens is 233 g/mol.